The van der Waals surface area contributed by atoms with Crippen molar-refractivity contribution in [2.45, 2.75) is 38.5 Å². The van der Waals surface area contributed by atoms with Crippen molar-refractivity contribution in [1.82, 2.24) is 0 Å². The number of hydrogen-bond donors (Lipinski definition) is 4. The number of aliphatic hydroxyl groups excluding tert-OH is 4. The van der Waals surface area contributed by atoms with E-state index in [4.69, 9.17) is 10.2 Å². The number of rotatable bonds is 4. The van der Waals surface area contributed by atoms with E-state index < -0.39 is 0 Å². The standard InChI is InChI=1S/C9H16O2.C9H14O2/c2*10-5-9(6-11)4-7-1-2-8(9)3-7/h7-8,10-11H,1-6H2;1-2,7-8,10-11H,3-6H2. The van der Waals surface area contributed by atoms with Crippen LogP contribution in [0.2, 0.25) is 0 Å². The van der Waals surface area contributed by atoms with Gasteiger partial charge in [0, 0.05) is 10.8 Å². The summed E-state index contributed by atoms with van der Waals surface area (Å²) in [6.45, 7) is 0.638. The molecule has 0 aromatic carbocycles. The van der Waals surface area contributed by atoms with Crippen LogP contribution in [-0.2, 0) is 0 Å². The quantitative estimate of drug-likeness (QED) is 0.591. The van der Waals surface area contributed by atoms with Crippen molar-refractivity contribution in [3.05, 3.63) is 12.2 Å². The average Bonchev–Trinajstić information content (AvgIpc) is 3.34. The first-order valence-electron chi connectivity index (χ1n) is 8.73. The molecule has 0 aromatic heterocycles. The third-order valence-corrected chi connectivity index (χ3v) is 6.99. The van der Waals surface area contributed by atoms with E-state index in [2.05, 4.69) is 12.2 Å². The molecular formula is C18H30O4. The third-order valence-electron chi connectivity index (χ3n) is 6.99. The van der Waals surface area contributed by atoms with E-state index in [9.17, 15) is 10.2 Å². The average molecular weight is 310 g/mol. The van der Waals surface area contributed by atoms with Crippen LogP contribution in [0.4, 0.5) is 0 Å². The van der Waals surface area contributed by atoms with Crippen LogP contribution in [0, 0.1) is 34.5 Å². The highest BCUT2D eigenvalue weighted by atomic mass is 16.3. The van der Waals surface area contributed by atoms with E-state index in [0.29, 0.717) is 17.8 Å². The molecule has 126 valence electrons. The van der Waals surface area contributed by atoms with Crippen LogP contribution in [0.5, 0.6) is 0 Å². The fraction of sp³-hybridized carbons (Fsp3) is 0.889. The van der Waals surface area contributed by atoms with Crippen LogP contribution >= 0.6 is 0 Å². The summed E-state index contributed by atoms with van der Waals surface area (Å²) in [5.41, 5.74) is -0.275. The van der Waals surface area contributed by atoms with Crippen molar-refractivity contribution in [2.24, 2.45) is 34.5 Å². The van der Waals surface area contributed by atoms with Gasteiger partial charge in [-0.15, -0.1) is 0 Å². The van der Waals surface area contributed by atoms with E-state index in [-0.39, 0.29) is 37.3 Å². The van der Waals surface area contributed by atoms with Gasteiger partial charge in [0.05, 0.1) is 26.4 Å². The Kier molecular flexibility index (Phi) is 4.66. The summed E-state index contributed by atoms with van der Waals surface area (Å²) in [6, 6.07) is 0. The summed E-state index contributed by atoms with van der Waals surface area (Å²) >= 11 is 0. The van der Waals surface area contributed by atoms with Gasteiger partial charge in [-0.2, -0.15) is 0 Å². The fourth-order valence-electron chi connectivity index (χ4n) is 5.46. The van der Waals surface area contributed by atoms with Crippen molar-refractivity contribution < 1.29 is 20.4 Å². The summed E-state index contributed by atoms with van der Waals surface area (Å²) in [7, 11) is 0. The molecule has 0 aromatic rings. The second-order valence-electron chi connectivity index (χ2n) is 8.13. The maximum Gasteiger partial charge on any atom is 0.0515 e. The number of aliphatic hydroxyl groups is 4. The SMILES string of the molecule is OCC1(CO)CC2C=CC1C2.OCC1(CO)CC2CCC1C2. The van der Waals surface area contributed by atoms with E-state index in [1.165, 1.54) is 19.3 Å². The second-order valence-corrected chi connectivity index (χ2v) is 8.13. The Morgan fingerprint density at radius 1 is 0.773 bits per heavy atom. The Bertz CT molecular complexity index is 411. The Labute approximate surface area is 132 Å². The van der Waals surface area contributed by atoms with Crippen molar-refractivity contribution in [1.29, 1.82) is 0 Å². The summed E-state index contributed by atoms with van der Waals surface area (Å²) in [6.07, 6.45) is 11.3. The van der Waals surface area contributed by atoms with Gasteiger partial charge in [-0.05, 0) is 55.8 Å². The van der Waals surface area contributed by atoms with E-state index in [1.807, 2.05) is 0 Å². The van der Waals surface area contributed by atoms with Gasteiger partial charge in [-0.3, -0.25) is 0 Å². The van der Waals surface area contributed by atoms with Gasteiger partial charge in [0.25, 0.3) is 0 Å². The van der Waals surface area contributed by atoms with Crippen molar-refractivity contribution >= 4 is 0 Å². The summed E-state index contributed by atoms with van der Waals surface area (Å²) < 4.78 is 0. The van der Waals surface area contributed by atoms with Crippen LogP contribution in [0.3, 0.4) is 0 Å². The Balaban J connectivity index is 0.000000131. The number of fused-ring (bicyclic) bond motifs is 4. The molecule has 0 spiro atoms. The van der Waals surface area contributed by atoms with Gasteiger partial charge in [0.15, 0.2) is 0 Å². The third kappa shape index (κ3) is 2.54. The predicted octanol–water partition coefficient (Wildman–Crippen LogP) is 1.33. The fourth-order valence-corrected chi connectivity index (χ4v) is 5.46. The molecule has 4 unspecified atom stereocenters. The first kappa shape index (κ1) is 16.4. The maximum absolute atomic E-state index is 9.18. The number of allylic oxidation sites excluding steroid dienone is 2. The van der Waals surface area contributed by atoms with E-state index in [1.54, 1.807) is 0 Å². The smallest absolute Gasteiger partial charge is 0.0515 e. The van der Waals surface area contributed by atoms with Crippen LogP contribution in [0.1, 0.15) is 38.5 Å². The molecule has 0 saturated heterocycles. The van der Waals surface area contributed by atoms with Crippen molar-refractivity contribution in [3.8, 4) is 0 Å². The molecule has 0 amide bonds. The molecule has 4 atom stereocenters. The summed E-state index contributed by atoms with van der Waals surface area (Å²) in [4.78, 5) is 0. The van der Waals surface area contributed by atoms with Crippen LogP contribution in [-0.4, -0.2) is 46.9 Å². The molecule has 4 bridgehead atoms. The summed E-state index contributed by atoms with van der Waals surface area (Å²) in [5.74, 6) is 2.48. The van der Waals surface area contributed by atoms with Gasteiger partial charge < -0.3 is 20.4 Å². The Morgan fingerprint density at radius 2 is 1.45 bits per heavy atom. The first-order valence-corrected chi connectivity index (χ1v) is 8.73. The predicted molar refractivity (Wildman–Crippen MR) is 84.0 cm³/mol. The van der Waals surface area contributed by atoms with Crippen molar-refractivity contribution in [2.75, 3.05) is 26.4 Å². The van der Waals surface area contributed by atoms with Gasteiger partial charge in [0.2, 0.25) is 0 Å². The molecule has 0 radical (unpaired) electrons. The molecule has 22 heavy (non-hydrogen) atoms. The highest BCUT2D eigenvalue weighted by Crippen LogP contribution is 2.55. The first-order chi connectivity index (χ1) is 10.6. The largest absolute Gasteiger partial charge is 0.396 e. The highest BCUT2D eigenvalue weighted by Gasteiger charge is 2.50. The molecule has 4 heteroatoms. The van der Waals surface area contributed by atoms with Crippen LogP contribution < -0.4 is 0 Å². The van der Waals surface area contributed by atoms with Gasteiger partial charge in [-0.1, -0.05) is 18.6 Å². The number of hydrogen-bond acceptors (Lipinski definition) is 4. The molecule has 4 rings (SSSR count). The van der Waals surface area contributed by atoms with Gasteiger partial charge >= 0.3 is 0 Å². The molecule has 4 aliphatic rings. The lowest BCUT2D eigenvalue weighted by atomic mass is 9.74. The minimum absolute atomic E-state index is 0.0943. The monoisotopic (exact) mass is 310 g/mol. The normalized spacial score (nSPS) is 39.1. The zero-order chi connectivity index (χ0) is 15.8. The molecule has 0 heterocycles. The topological polar surface area (TPSA) is 80.9 Å². The Hall–Kier alpha value is -0.420. The van der Waals surface area contributed by atoms with Crippen LogP contribution in [0.25, 0.3) is 0 Å². The van der Waals surface area contributed by atoms with E-state index in [0.717, 1.165) is 25.2 Å². The zero-order valence-corrected chi connectivity index (χ0v) is 13.3. The molecule has 3 fully saturated rings. The molecule has 4 N–H and O–H groups in total. The lowest BCUT2D eigenvalue weighted by Gasteiger charge is -2.33. The minimum atomic E-state index is -0.181. The zero-order valence-electron chi connectivity index (χ0n) is 13.3. The lowest BCUT2D eigenvalue weighted by molar-refractivity contribution is 0.00864. The molecule has 0 aliphatic heterocycles. The molecule has 4 aliphatic carbocycles. The molecule has 3 saturated carbocycles. The Morgan fingerprint density at radius 3 is 1.73 bits per heavy atom. The van der Waals surface area contributed by atoms with Gasteiger partial charge in [-0.25, -0.2) is 0 Å². The molecule has 4 nitrogen and oxygen atoms in total. The van der Waals surface area contributed by atoms with Crippen molar-refractivity contribution in [3.63, 3.8) is 0 Å². The highest BCUT2D eigenvalue weighted by molar-refractivity contribution is 5.15. The van der Waals surface area contributed by atoms with E-state index >= 15 is 0 Å². The van der Waals surface area contributed by atoms with Gasteiger partial charge in [0.1, 0.15) is 0 Å². The maximum atomic E-state index is 9.18. The second kappa shape index (κ2) is 6.23. The minimum Gasteiger partial charge on any atom is -0.396 e. The summed E-state index contributed by atoms with van der Waals surface area (Å²) in [5, 5.41) is 36.6. The van der Waals surface area contributed by atoms with Crippen LogP contribution in [0.15, 0.2) is 12.2 Å². The lowest BCUT2D eigenvalue weighted by Crippen LogP contribution is -2.35. The molecular weight excluding hydrogens is 280 g/mol.